The van der Waals surface area contributed by atoms with E-state index >= 15 is 0 Å². The number of aliphatic hydroxyl groups excluding tert-OH is 1. The summed E-state index contributed by atoms with van der Waals surface area (Å²) < 4.78 is 21.8. The molecule has 1 aliphatic rings. The maximum Gasteiger partial charge on any atom is 0.407 e. The van der Waals surface area contributed by atoms with Gasteiger partial charge >= 0.3 is 12.1 Å². The third-order valence-corrected chi connectivity index (χ3v) is 8.43. The number of carbonyl (C=O) groups is 3. The molecule has 0 heterocycles. The first-order valence-electron chi connectivity index (χ1n) is 16.6. The SMILES string of the molecule is COc1ccc(CCC(O)c2cccc(NC(=O)CC(NC(=O)OCC3c4ccccc4-c4ccccc43)C(=O)OC(C)(C)C)c2)cc1OC. The van der Waals surface area contributed by atoms with Gasteiger partial charge in [-0.1, -0.05) is 66.7 Å². The number of aliphatic hydroxyl groups is 1. The molecule has 0 fully saturated rings. The molecule has 4 aromatic carbocycles. The molecule has 5 rings (SSSR count). The Labute approximate surface area is 292 Å². The van der Waals surface area contributed by atoms with E-state index in [9.17, 15) is 19.5 Å². The molecule has 4 aromatic rings. The summed E-state index contributed by atoms with van der Waals surface area (Å²) >= 11 is 0. The molecule has 3 N–H and O–H groups in total. The number of alkyl carbamates (subject to hydrolysis) is 1. The van der Waals surface area contributed by atoms with Crippen LogP contribution in [0.2, 0.25) is 0 Å². The zero-order chi connectivity index (χ0) is 35.8. The topological polar surface area (TPSA) is 132 Å². The number of hydrogen-bond donors (Lipinski definition) is 3. The normalized spacial score (nSPS) is 13.3. The number of carbonyl (C=O) groups excluding carboxylic acids is 3. The van der Waals surface area contributed by atoms with E-state index in [-0.39, 0.29) is 12.5 Å². The van der Waals surface area contributed by atoms with E-state index in [2.05, 4.69) is 10.6 Å². The van der Waals surface area contributed by atoms with Crippen molar-refractivity contribution in [2.75, 3.05) is 26.1 Å². The average Bonchev–Trinajstić information content (AvgIpc) is 3.42. The predicted molar refractivity (Wildman–Crippen MR) is 190 cm³/mol. The summed E-state index contributed by atoms with van der Waals surface area (Å²) in [7, 11) is 3.15. The highest BCUT2D eigenvalue weighted by atomic mass is 16.6. The first kappa shape index (κ1) is 35.9. The second kappa shape index (κ2) is 15.9. The molecule has 0 saturated heterocycles. The van der Waals surface area contributed by atoms with Gasteiger partial charge in [-0.25, -0.2) is 9.59 Å². The highest BCUT2D eigenvalue weighted by Gasteiger charge is 2.32. The van der Waals surface area contributed by atoms with Gasteiger partial charge in [0, 0.05) is 11.6 Å². The molecule has 0 aliphatic heterocycles. The van der Waals surface area contributed by atoms with Crippen molar-refractivity contribution < 1.29 is 38.4 Å². The number of fused-ring (bicyclic) bond motifs is 3. The third-order valence-electron chi connectivity index (χ3n) is 8.43. The highest BCUT2D eigenvalue weighted by Crippen LogP contribution is 2.44. The standard InChI is InChI=1S/C40H44N2O8/c1-40(2,3)50-38(45)33(42-39(46)49-24-32-30-15-8-6-13-28(30)29-14-7-9-16-31(29)32)23-37(44)41-27-12-10-11-26(22-27)34(43)19-17-25-18-20-35(47-4)36(21-25)48-5/h6-16,18,20-22,32-34,43H,17,19,23-24H2,1-5H3,(H,41,44)(H,42,46). The zero-order valence-electron chi connectivity index (χ0n) is 29.0. The molecule has 2 amide bonds. The van der Waals surface area contributed by atoms with Crippen molar-refractivity contribution in [2.24, 2.45) is 0 Å². The smallest absolute Gasteiger partial charge is 0.407 e. The van der Waals surface area contributed by atoms with Gasteiger partial charge in [0.15, 0.2) is 11.5 Å². The summed E-state index contributed by atoms with van der Waals surface area (Å²) in [6.45, 7) is 5.17. The third kappa shape index (κ3) is 9.00. The van der Waals surface area contributed by atoms with Gasteiger partial charge in [0.05, 0.1) is 26.7 Å². The number of methoxy groups -OCH3 is 2. The monoisotopic (exact) mass is 680 g/mol. The van der Waals surface area contributed by atoms with E-state index < -0.39 is 42.1 Å². The van der Waals surface area contributed by atoms with Crippen molar-refractivity contribution in [1.29, 1.82) is 0 Å². The number of rotatable bonds is 13. The number of amides is 2. The predicted octanol–water partition coefficient (Wildman–Crippen LogP) is 6.95. The van der Waals surface area contributed by atoms with Crippen LogP contribution in [0.25, 0.3) is 11.1 Å². The summed E-state index contributed by atoms with van der Waals surface area (Å²) in [6, 6.07) is 27.1. The van der Waals surface area contributed by atoms with Crippen LogP contribution in [0.15, 0.2) is 91.0 Å². The Morgan fingerprint density at radius 1 is 0.820 bits per heavy atom. The molecule has 0 radical (unpaired) electrons. The van der Waals surface area contributed by atoms with Crippen LogP contribution in [0, 0.1) is 0 Å². The van der Waals surface area contributed by atoms with Gasteiger partial charge < -0.3 is 34.7 Å². The van der Waals surface area contributed by atoms with E-state index in [4.69, 9.17) is 18.9 Å². The number of anilines is 1. The van der Waals surface area contributed by atoms with Gasteiger partial charge in [0.25, 0.3) is 0 Å². The van der Waals surface area contributed by atoms with E-state index in [1.165, 1.54) is 0 Å². The Hall–Kier alpha value is -5.35. The lowest BCUT2D eigenvalue weighted by Gasteiger charge is -2.24. The molecular formula is C40H44N2O8. The second-order valence-electron chi connectivity index (χ2n) is 13.2. The van der Waals surface area contributed by atoms with E-state index in [1.54, 1.807) is 59.3 Å². The maximum atomic E-state index is 13.2. The van der Waals surface area contributed by atoms with Crippen molar-refractivity contribution in [3.8, 4) is 22.6 Å². The summed E-state index contributed by atoms with van der Waals surface area (Å²) in [6.07, 6.45) is -1.03. The lowest BCUT2D eigenvalue weighted by molar-refractivity contribution is -0.158. The van der Waals surface area contributed by atoms with E-state index in [0.717, 1.165) is 27.8 Å². The number of nitrogens with one attached hydrogen (secondary N) is 2. The molecule has 0 aromatic heterocycles. The van der Waals surface area contributed by atoms with Crippen LogP contribution in [-0.4, -0.2) is 55.5 Å². The van der Waals surface area contributed by atoms with Crippen LogP contribution in [0.1, 0.15) is 67.9 Å². The Balaban J connectivity index is 1.20. The Morgan fingerprint density at radius 2 is 1.48 bits per heavy atom. The van der Waals surface area contributed by atoms with E-state index in [0.29, 0.717) is 35.6 Å². The van der Waals surface area contributed by atoms with Crippen molar-refractivity contribution >= 4 is 23.7 Å². The molecule has 0 spiro atoms. The number of esters is 1. The molecule has 2 atom stereocenters. The van der Waals surface area contributed by atoms with Gasteiger partial charge in [-0.05, 0) is 91.3 Å². The summed E-state index contributed by atoms with van der Waals surface area (Å²) in [5.41, 5.74) is 5.46. The van der Waals surface area contributed by atoms with E-state index in [1.807, 2.05) is 66.7 Å². The molecule has 1 aliphatic carbocycles. The molecule has 50 heavy (non-hydrogen) atoms. The summed E-state index contributed by atoms with van der Waals surface area (Å²) in [5, 5.41) is 16.3. The molecule has 0 saturated carbocycles. The van der Waals surface area contributed by atoms with Crippen molar-refractivity contribution in [1.82, 2.24) is 5.32 Å². The summed E-state index contributed by atoms with van der Waals surface area (Å²) in [4.78, 5) is 39.5. The van der Waals surface area contributed by atoms with Gasteiger partial charge in [-0.15, -0.1) is 0 Å². The largest absolute Gasteiger partial charge is 0.493 e. The number of ether oxygens (including phenoxy) is 4. The van der Waals surface area contributed by atoms with Crippen molar-refractivity contribution in [2.45, 2.75) is 63.7 Å². The van der Waals surface area contributed by atoms with Gasteiger partial charge in [-0.2, -0.15) is 0 Å². The molecule has 2 unspecified atom stereocenters. The van der Waals surface area contributed by atoms with Crippen molar-refractivity contribution in [3.05, 3.63) is 113 Å². The van der Waals surface area contributed by atoms with Crippen LogP contribution in [0.4, 0.5) is 10.5 Å². The lowest BCUT2D eigenvalue weighted by Crippen LogP contribution is -2.46. The minimum Gasteiger partial charge on any atom is -0.493 e. The fourth-order valence-electron chi connectivity index (χ4n) is 6.08. The first-order chi connectivity index (χ1) is 24.0. The molecule has 10 nitrogen and oxygen atoms in total. The Morgan fingerprint density at radius 3 is 2.12 bits per heavy atom. The molecular weight excluding hydrogens is 636 g/mol. The van der Waals surface area contributed by atoms with Crippen LogP contribution < -0.4 is 20.1 Å². The van der Waals surface area contributed by atoms with Crippen LogP contribution in [0.3, 0.4) is 0 Å². The minimum absolute atomic E-state index is 0.0498. The molecule has 10 heteroatoms. The highest BCUT2D eigenvalue weighted by molar-refractivity contribution is 5.95. The van der Waals surface area contributed by atoms with Gasteiger partial charge in [0.2, 0.25) is 5.91 Å². The van der Waals surface area contributed by atoms with Crippen LogP contribution in [0.5, 0.6) is 11.5 Å². The number of benzene rings is 4. The van der Waals surface area contributed by atoms with Gasteiger partial charge in [0.1, 0.15) is 18.2 Å². The molecule has 262 valence electrons. The fourth-order valence-corrected chi connectivity index (χ4v) is 6.08. The maximum absolute atomic E-state index is 13.2. The number of hydrogen-bond acceptors (Lipinski definition) is 8. The Kier molecular flexibility index (Phi) is 11.4. The zero-order valence-corrected chi connectivity index (χ0v) is 29.0. The fraction of sp³-hybridized carbons (Fsp3) is 0.325. The quantitative estimate of drug-likeness (QED) is 0.129. The Bertz CT molecular complexity index is 1790. The van der Waals surface area contributed by atoms with Gasteiger partial charge in [-0.3, -0.25) is 4.79 Å². The van der Waals surface area contributed by atoms with Crippen LogP contribution in [-0.2, 0) is 25.5 Å². The average molecular weight is 681 g/mol. The molecule has 0 bridgehead atoms. The summed E-state index contributed by atoms with van der Waals surface area (Å²) in [5.74, 6) is -0.222. The van der Waals surface area contributed by atoms with Crippen molar-refractivity contribution in [3.63, 3.8) is 0 Å². The second-order valence-corrected chi connectivity index (χ2v) is 13.2. The number of aryl methyl sites for hydroxylation is 1. The van der Waals surface area contributed by atoms with Crippen LogP contribution >= 0.6 is 0 Å². The first-order valence-corrected chi connectivity index (χ1v) is 16.6. The minimum atomic E-state index is -1.31. The lowest BCUT2D eigenvalue weighted by atomic mass is 9.98.